The Morgan fingerprint density at radius 2 is 2.18 bits per heavy atom. The van der Waals surface area contributed by atoms with Crippen molar-refractivity contribution in [1.82, 2.24) is 15.3 Å². The highest BCUT2D eigenvalue weighted by Gasteiger charge is 2.11. The van der Waals surface area contributed by atoms with Crippen molar-refractivity contribution in [3.8, 4) is 0 Å². The molecule has 0 saturated carbocycles. The Bertz CT molecular complexity index is 380. The molecule has 0 saturated heterocycles. The van der Waals surface area contributed by atoms with Gasteiger partial charge in [-0.25, -0.2) is 9.97 Å². The number of hydrogen-bond donors (Lipinski definition) is 2. The van der Waals surface area contributed by atoms with Gasteiger partial charge in [0.1, 0.15) is 12.0 Å². The standard InChI is InChI=1S/C12H19N3O2/c1-8(2)4-10(16)6-13-12(17)11-5-9(3)14-7-15-11/h5,7-8,10,16H,4,6H2,1-3H3,(H,13,17). The Morgan fingerprint density at radius 3 is 2.76 bits per heavy atom. The van der Waals surface area contributed by atoms with Crippen molar-refractivity contribution in [2.45, 2.75) is 33.3 Å². The molecule has 0 fully saturated rings. The van der Waals surface area contributed by atoms with Crippen LogP contribution >= 0.6 is 0 Å². The van der Waals surface area contributed by atoms with E-state index in [-0.39, 0.29) is 12.5 Å². The topological polar surface area (TPSA) is 75.1 Å². The molecule has 1 aromatic rings. The molecule has 0 spiro atoms. The van der Waals surface area contributed by atoms with Crippen LogP contribution in [0.4, 0.5) is 0 Å². The molecule has 1 unspecified atom stereocenters. The largest absolute Gasteiger partial charge is 0.391 e. The summed E-state index contributed by atoms with van der Waals surface area (Å²) in [5.41, 5.74) is 1.07. The third kappa shape index (κ3) is 4.91. The van der Waals surface area contributed by atoms with Crippen LogP contribution in [0.25, 0.3) is 0 Å². The highest BCUT2D eigenvalue weighted by atomic mass is 16.3. The van der Waals surface area contributed by atoms with Gasteiger partial charge in [0.05, 0.1) is 6.10 Å². The van der Waals surface area contributed by atoms with Gasteiger partial charge in [0.15, 0.2) is 0 Å². The summed E-state index contributed by atoms with van der Waals surface area (Å²) in [6.07, 6.45) is 1.51. The quantitative estimate of drug-likeness (QED) is 0.798. The molecule has 5 heteroatoms. The fourth-order valence-corrected chi connectivity index (χ4v) is 1.51. The monoisotopic (exact) mass is 237 g/mol. The van der Waals surface area contributed by atoms with Gasteiger partial charge in [-0.15, -0.1) is 0 Å². The average molecular weight is 237 g/mol. The maximum Gasteiger partial charge on any atom is 0.270 e. The minimum atomic E-state index is -0.512. The van der Waals surface area contributed by atoms with Gasteiger partial charge >= 0.3 is 0 Å². The van der Waals surface area contributed by atoms with Crippen molar-refractivity contribution in [3.63, 3.8) is 0 Å². The molecule has 0 aliphatic carbocycles. The van der Waals surface area contributed by atoms with E-state index in [1.807, 2.05) is 13.8 Å². The number of aliphatic hydroxyl groups is 1. The van der Waals surface area contributed by atoms with Gasteiger partial charge in [-0.2, -0.15) is 0 Å². The maximum absolute atomic E-state index is 11.7. The number of hydrogen-bond acceptors (Lipinski definition) is 4. The first kappa shape index (κ1) is 13.6. The first-order valence-corrected chi connectivity index (χ1v) is 5.74. The van der Waals surface area contributed by atoms with Crippen molar-refractivity contribution < 1.29 is 9.90 Å². The van der Waals surface area contributed by atoms with E-state index in [1.54, 1.807) is 13.0 Å². The van der Waals surface area contributed by atoms with Crippen LogP contribution in [-0.4, -0.2) is 33.6 Å². The van der Waals surface area contributed by atoms with Crippen LogP contribution in [0.2, 0.25) is 0 Å². The lowest BCUT2D eigenvalue weighted by atomic mass is 10.1. The van der Waals surface area contributed by atoms with Crippen molar-refractivity contribution in [2.24, 2.45) is 5.92 Å². The van der Waals surface area contributed by atoms with Crippen molar-refractivity contribution >= 4 is 5.91 Å². The summed E-state index contributed by atoms with van der Waals surface area (Å²) in [5, 5.41) is 12.3. The SMILES string of the molecule is Cc1cc(C(=O)NCC(O)CC(C)C)ncn1. The Hall–Kier alpha value is -1.49. The van der Waals surface area contributed by atoms with Gasteiger partial charge in [-0.1, -0.05) is 13.8 Å². The number of aliphatic hydroxyl groups excluding tert-OH is 1. The predicted molar refractivity (Wildman–Crippen MR) is 64.6 cm³/mol. The number of carbonyl (C=O) groups is 1. The Labute approximate surface area is 101 Å². The van der Waals surface area contributed by atoms with E-state index in [2.05, 4.69) is 15.3 Å². The Morgan fingerprint density at radius 1 is 1.47 bits per heavy atom. The second-order valence-electron chi connectivity index (χ2n) is 4.54. The van der Waals surface area contributed by atoms with Crippen molar-refractivity contribution in [2.75, 3.05) is 6.54 Å². The third-order valence-electron chi connectivity index (χ3n) is 2.28. The minimum Gasteiger partial charge on any atom is -0.391 e. The van der Waals surface area contributed by atoms with E-state index in [9.17, 15) is 9.90 Å². The van der Waals surface area contributed by atoms with Gasteiger partial charge < -0.3 is 10.4 Å². The molecule has 0 aromatic carbocycles. The molecule has 0 aliphatic heterocycles. The number of nitrogens with zero attached hydrogens (tertiary/aromatic N) is 2. The number of nitrogens with one attached hydrogen (secondary N) is 1. The molecular weight excluding hydrogens is 218 g/mol. The summed E-state index contributed by atoms with van der Waals surface area (Å²) < 4.78 is 0. The normalized spacial score (nSPS) is 12.5. The summed E-state index contributed by atoms with van der Waals surface area (Å²) in [6, 6.07) is 1.62. The van der Waals surface area contributed by atoms with Gasteiger partial charge in [0, 0.05) is 12.2 Å². The third-order valence-corrected chi connectivity index (χ3v) is 2.28. The first-order valence-electron chi connectivity index (χ1n) is 5.74. The summed E-state index contributed by atoms with van der Waals surface area (Å²) in [5.74, 6) is 0.126. The van der Waals surface area contributed by atoms with Gasteiger partial charge in [-0.05, 0) is 25.3 Å². The molecule has 2 N–H and O–H groups in total. The number of carbonyl (C=O) groups excluding carboxylic acids is 1. The molecule has 1 amide bonds. The minimum absolute atomic E-state index is 0.250. The lowest BCUT2D eigenvalue weighted by Crippen LogP contribution is -2.33. The van der Waals surface area contributed by atoms with Crippen LogP contribution in [0.3, 0.4) is 0 Å². The molecule has 0 aliphatic rings. The number of aromatic nitrogens is 2. The van der Waals surface area contributed by atoms with E-state index in [1.165, 1.54) is 6.33 Å². The first-order chi connectivity index (χ1) is 7.99. The molecule has 94 valence electrons. The van der Waals surface area contributed by atoms with E-state index in [4.69, 9.17) is 0 Å². The Kier molecular flexibility index (Phi) is 5.03. The van der Waals surface area contributed by atoms with Crippen LogP contribution in [0.1, 0.15) is 36.5 Å². The number of amides is 1. The lowest BCUT2D eigenvalue weighted by molar-refractivity contribution is 0.0895. The molecular formula is C12H19N3O2. The number of aryl methyl sites for hydroxylation is 1. The van der Waals surface area contributed by atoms with Gasteiger partial charge in [-0.3, -0.25) is 4.79 Å². The van der Waals surface area contributed by atoms with E-state index < -0.39 is 6.10 Å². The van der Waals surface area contributed by atoms with Crippen LogP contribution in [0.5, 0.6) is 0 Å². The molecule has 17 heavy (non-hydrogen) atoms. The van der Waals surface area contributed by atoms with Gasteiger partial charge in [0.2, 0.25) is 0 Å². The lowest BCUT2D eigenvalue weighted by Gasteiger charge is -2.13. The zero-order valence-corrected chi connectivity index (χ0v) is 10.5. The molecule has 1 atom stereocenters. The molecule has 0 bridgehead atoms. The molecule has 0 radical (unpaired) electrons. The predicted octanol–water partition coefficient (Wildman–Crippen LogP) is 0.922. The number of rotatable bonds is 5. The fourth-order valence-electron chi connectivity index (χ4n) is 1.51. The second kappa shape index (κ2) is 6.30. The summed E-state index contributed by atoms with van der Waals surface area (Å²) in [7, 11) is 0. The highest BCUT2D eigenvalue weighted by Crippen LogP contribution is 2.03. The molecule has 5 nitrogen and oxygen atoms in total. The maximum atomic E-state index is 11.7. The summed E-state index contributed by atoms with van der Waals surface area (Å²) in [6.45, 7) is 6.10. The van der Waals surface area contributed by atoms with Crippen molar-refractivity contribution in [1.29, 1.82) is 0 Å². The molecule has 1 heterocycles. The summed E-state index contributed by atoms with van der Waals surface area (Å²) >= 11 is 0. The smallest absolute Gasteiger partial charge is 0.270 e. The second-order valence-corrected chi connectivity index (χ2v) is 4.54. The fraction of sp³-hybridized carbons (Fsp3) is 0.583. The Balaban J connectivity index is 2.45. The highest BCUT2D eigenvalue weighted by molar-refractivity contribution is 5.92. The summed E-state index contributed by atoms with van der Waals surface area (Å²) in [4.78, 5) is 19.5. The van der Waals surface area contributed by atoms with Crippen LogP contribution in [0, 0.1) is 12.8 Å². The van der Waals surface area contributed by atoms with Crippen LogP contribution in [0.15, 0.2) is 12.4 Å². The molecule has 1 aromatic heterocycles. The van der Waals surface area contributed by atoms with Crippen molar-refractivity contribution in [3.05, 3.63) is 23.8 Å². The average Bonchev–Trinajstić information content (AvgIpc) is 2.25. The zero-order chi connectivity index (χ0) is 12.8. The zero-order valence-electron chi connectivity index (χ0n) is 10.5. The van der Waals surface area contributed by atoms with Crippen LogP contribution < -0.4 is 5.32 Å². The van der Waals surface area contributed by atoms with E-state index in [0.717, 1.165) is 5.69 Å². The van der Waals surface area contributed by atoms with Gasteiger partial charge in [0.25, 0.3) is 5.91 Å². The molecule has 1 rings (SSSR count). The van der Waals surface area contributed by atoms with Crippen LogP contribution in [-0.2, 0) is 0 Å². The van der Waals surface area contributed by atoms with E-state index >= 15 is 0 Å². The van der Waals surface area contributed by atoms with E-state index in [0.29, 0.717) is 18.0 Å².